The van der Waals surface area contributed by atoms with E-state index in [4.69, 9.17) is 10.6 Å². The zero-order valence-corrected chi connectivity index (χ0v) is 12.7. The standard InChI is InChI=1S/C17H25FN2O/c1-12-10-13(4-5-15(12)18)16(20-19)14-6-9-21-17(11-14)7-2-3-8-17/h4-5,10,14,16,20H,2-3,6-9,11,19H2,1H3. The fraction of sp³-hybridized carbons (Fsp3) is 0.647. The average molecular weight is 292 g/mol. The van der Waals surface area contributed by atoms with Gasteiger partial charge in [0.05, 0.1) is 5.60 Å². The van der Waals surface area contributed by atoms with E-state index in [2.05, 4.69) is 5.43 Å². The number of halogens is 1. The van der Waals surface area contributed by atoms with Crippen molar-refractivity contribution in [3.05, 3.63) is 35.1 Å². The van der Waals surface area contributed by atoms with Gasteiger partial charge in [-0.3, -0.25) is 11.3 Å². The second-order valence-corrected chi connectivity index (χ2v) is 6.64. The predicted molar refractivity (Wildman–Crippen MR) is 81.1 cm³/mol. The molecular weight excluding hydrogens is 267 g/mol. The second-order valence-electron chi connectivity index (χ2n) is 6.64. The zero-order chi connectivity index (χ0) is 14.9. The van der Waals surface area contributed by atoms with Crippen LogP contribution in [-0.4, -0.2) is 12.2 Å². The molecule has 2 fully saturated rings. The van der Waals surface area contributed by atoms with Crippen LogP contribution in [0.1, 0.15) is 55.7 Å². The third-order valence-electron chi connectivity index (χ3n) is 5.24. The molecular formula is C17H25FN2O. The third kappa shape index (κ3) is 2.98. The molecule has 21 heavy (non-hydrogen) atoms. The Morgan fingerprint density at radius 3 is 2.81 bits per heavy atom. The molecule has 116 valence electrons. The number of nitrogens with one attached hydrogen (secondary N) is 1. The summed E-state index contributed by atoms with van der Waals surface area (Å²) in [7, 11) is 0. The van der Waals surface area contributed by atoms with E-state index in [0.717, 1.165) is 25.0 Å². The van der Waals surface area contributed by atoms with Crippen LogP contribution < -0.4 is 11.3 Å². The number of hydrogen-bond acceptors (Lipinski definition) is 3. The molecule has 1 aromatic rings. The predicted octanol–water partition coefficient (Wildman–Crippen LogP) is 3.38. The Morgan fingerprint density at radius 2 is 2.14 bits per heavy atom. The topological polar surface area (TPSA) is 47.3 Å². The molecule has 1 heterocycles. The van der Waals surface area contributed by atoms with Gasteiger partial charge in [0, 0.05) is 12.6 Å². The quantitative estimate of drug-likeness (QED) is 0.663. The maximum absolute atomic E-state index is 13.5. The molecule has 0 amide bonds. The SMILES string of the molecule is Cc1cc(C(NN)C2CCOC3(CCCC3)C2)ccc1F. The van der Waals surface area contributed by atoms with Crippen molar-refractivity contribution in [2.45, 2.75) is 57.1 Å². The first-order valence-corrected chi connectivity index (χ1v) is 8.00. The number of hydrazine groups is 1. The Balaban J connectivity index is 1.80. The monoisotopic (exact) mass is 292 g/mol. The minimum absolute atomic E-state index is 0.0747. The molecule has 2 aliphatic rings. The lowest BCUT2D eigenvalue weighted by Crippen LogP contribution is -2.43. The number of hydrogen-bond donors (Lipinski definition) is 2. The van der Waals surface area contributed by atoms with Gasteiger partial charge in [-0.25, -0.2) is 4.39 Å². The lowest BCUT2D eigenvalue weighted by molar-refractivity contribution is -0.0982. The van der Waals surface area contributed by atoms with Gasteiger partial charge in [0.1, 0.15) is 5.82 Å². The van der Waals surface area contributed by atoms with Gasteiger partial charge >= 0.3 is 0 Å². The van der Waals surface area contributed by atoms with Gasteiger partial charge in [-0.2, -0.15) is 0 Å². The lowest BCUT2D eigenvalue weighted by atomic mass is 9.78. The molecule has 1 saturated heterocycles. The molecule has 1 spiro atoms. The minimum atomic E-state index is -0.159. The molecule has 0 bridgehead atoms. The number of benzene rings is 1. The van der Waals surface area contributed by atoms with Crippen molar-refractivity contribution in [2.24, 2.45) is 11.8 Å². The molecule has 0 radical (unpaired) electrons. The number of nitrogens with two attached hydrogens (primary N) is 1. The fourth-order valence-electron chi connectivity index (χ4n) is 4.08. The summed E-state index contributed by atoms with van der Waals surface area (Å²) >= 11 is 0. The third-order valence-corrected chi connectivity index (χ3v) is 5.24. The Bertz CT molecular complexity index is 500. The molecule has 3 rings (SSSR count). The molecule has 1 aromatic carbocycles. The fourth-order valence-corrected chi connectivity index (χ4v) is 4.08. The van der Waals surface area contributed by atoms with Crippen LogP contribution >= 0.6 is 0 Å². The summed E-state index contributed by atoms with van der Waals surface area (Å²) in [4.78, 5) is 0. The van der Waals surface area contributed by atoms with Crippen molar-refractivity contribution >= 4 is 0 Å². The van der Waals surface area contributed by atoms with E-state index in [1.807, 2.05) is 12.1 Å². The first-order valence-electron chi connectivity index (χ1n) is 8.00. The normalized spacial score (nSPS) is 26.1. The summed E-state index contributed by atoms with van der Waals surface area (Å²) in [6.45, 7) is 2.61. The molecule has 3 nitrogen and oxygen atoms in total. The summed E-state index contributed by atoms with van der Waals surface area (Å²) < 4.78 is 19.6. The Morgan fingerprint density at radius 1 is 1.38 bits per heavy atom. The van der Waals surface area contributed by atoms with E-state index in [1.54, 1.807) is 13.0 Å². The zero-order valence-electron chi connectivity index (χ0n) is 12.7. The van der Waals surface area contributed by atoms with Gasteiger partial charge < -0.3 is 4.74 Å². The first-order chi connectivity index (χ1) is 10.1. The van der Waals surface area contributed by atoms with Gasteiger partial charge in [0.15, 0.2) is 0 Å². The van der Waals surface area contributed by atoms with E-state index >= 15 is 0 Å². The summed E-state index contributed by atoms with van der Waals surface area (Å²) in [6, 6.07) is 5.38. The van der Waals surface area contributed by atoms with Crippen LogP contribution in [0.25, 0.3) is 0 Å². The lowest BCUT2D eigenvalue weighted by Gasteiger charge is -2.41. The first kappa shape index (κ1) is 14.9. The molecule has 1 aliphatic heterocycles. The highest BCUT2D eigenvalue weighted by Crippen LogP contribution is 2.45. The van der Waals surface area contributed by atoms with Crippen LogP contribution in [-0.2, 0) is 4.74 Å². The maximum atomic E-state index is 13.5. The number of aryl methyl sites for hydroxylation is 1. The smallest absolute Gasteiger partial charge is 0.126 e. The van der Waals surface area contributed by atoms with Gasteiger partial charge in [-0.1, -0.05) is 25.0 Å². The van der Waals surface area contributed by atoms with Crippen LogP contribution in [0.4, 0.5) is 4.39 Å². The van der Waals surface area contributed by atoms with E-state index in [1.165, 1.54) is 25.7 Å². The second kappa shape index (κ2) is 6.03. The van der Waals surface area contributed by atoms with Crippen molar-refractivity contribution in [3.63, 3.8) is 0 Å². The highest BCUT2D eigenvalue weighted by molar-refractivity contribution is 5.27. The van der Waals surface area contributed by atoms with Gasteiger partial charge in [-0.15, -0.1) is 0 Å². The molecule has 2 unspecified atom stereocenters. The van der Waals surface area contributed by atoms with Crippen molar-refractivity contribution in [3.8, 4) is 0 Å². The van der Waals surface area contributed by atoms with Crippen molar-refractivity contribution in [2.75, 3.05) is 6.61 Å². The Labute approximate surface area is 126 Å². The van der Waals surface area contributed by atoms with E-state index < -0.39 is 0 Å². The van der Waals surface area contributed by atoms with Crippen LogP contribution in [0.5, 0.6) is 0 Å². The van der Waals surface area contributed by atoms with Crippen LogP contribution in [0, 0.1) is 18.7 Å². The largest absolute Gasteiger partial charge is 0.375 e. The maximum Gasteiger partial charge on any atom is 0.126 e. The molecule has 2 atom stereocenters. The number of ether oxygens (including phenoxy) is 1. The Kier molecular flexibility index (Phi) is 4.29. The van der Waals surface area contributed by atoms with Crippen LogP contribution in [0.2, 0.25) is 0 Å². The minimum Gasteiger partial charge on any atom is -0.375 e. The highest BCUT2D eigenvalue weighted by atomic mass is 19.1. The summed E-state index contributed by atoms with van der Waals surface area (Å²) in [5, 5.41) is 0. The molecule has 1 aliphatic carbocycles. The average Bonchev–Trinajstić information content (AvgIpc) is 2.91. The highest BCUT2D eigenvalue weighted by Gasteiger charge is 2.42. The van der Waals surface area contributed by atoms with Gasteiger partial charge in [-0.05, 0) is 55.7 Å². The van der Waals surface area contributed by atoms with Gasteiger partial charge in [0.25, 0.3) is 0 Å². The van der Waals surface area contributed by atoms with Crippen molar-refractivity contribution in [1.29, 1.82) is 0 Å². The van der Waals surface area contributed by atoms with E-state index in [-0.39, 0.29) is 17.5 Å². The van der Waals surface area contributed by atoms with Crippen molar-refractivity contribution in [1.82, 2.24) is 5.43 Å². The summed E-state index contributed by atoms with van der Waals surface area (Å²) in [6.07, 6.45) is 6.93. The van der Waals surface area contributed by atoms with Crippen LogP contribution in [0.3, 0.4) is 0 Å². The molecule has 0 aromatic heterocycles. The molecule has 3 N–H and O–H groups in total. The summed E-state index contributed by atoms with van der Waals surface area (Å²) in [5.41, 5.74) is 4.80. The number of rotatable bonds is 3. The van der Waals surface area contributed by atoms with Crippen LogP contribution in [0.15, 0.2) is 18.2 Å². The summed E-state index contributed by atoms with van der Waals surface area (Å²) in [5.74, 6) is 6.12. The Hall–Kier alpha value is -0.970. The molecule has 1 saturated carbocycles. The van der Waals surface area contributed by atoms with E-state index in [9.17, 15) is 4.39 Å². The molecule has 4 heteroatoms. The van der Waals surface area contributed by atoms with Gasteiger partial charge in [0.2, 0.25) is 0 Å². The van der Waals surface area contributed by atoms with E-state index in [0.29, 0.717) is 11.5 Å². The van der Waals surface area contributed by atoms with Crippen molar-refractivity contribution < 1.29 is 9.13 Å².